The zero-order chi connectivity index (χ0) is 18.5. The number of nitrogens with one attached hydrogen (secondary N) is 1. The average Bonchev–Trinajstić information content (AvgIpc) is 2.94. The van der Waals surface area contributed by atoms with E-state index < -0.39 is 6.09 Å². The third kappa shape index (κ3) is 5.02. The fourth-order valence-electron chi connectivity index (χ4n) is 3.78. The SMILES string of the molecule is CC(C)C[C@H](CCO)NC(=O)OCC1c2ccccc2-c2ccccc21.Cl. The molecule has 27 heavy (non-hydrogen) atoms. The van der Waals surface area contributed by atoms with Crippen molar-refractivity contribution in [2.45, 2.75) is 38.6 Å². The Morgan fingerprint density at radius 1 is 1.07 bits per heavy atom. The van der Waals surface area contributed by atoms with Crippen molar-refractivity contribution in [2.24, 2.45) is 5.92 Å². The van der Waals surface area contributed by atoms with Gasteiger partial charge in [0.25, 0.3) is 0 Å². The molecule has 2 aromatic rings. The molecular weight excluding hydrogens is 362 g/mol. The van der Waals surface area contributed by atoms with Crippen LogP contribution in [0.2, 0.25) is 0 Å². The van der Waals surface area contributed by atoms with Crippen LogP contribution in [-0.2, 0) is 4.74 Å². The van der Waals surface area contributed by atoms with E-state index in [1.54, 1.807) is 0 Å². The molecule has 1 aliphatic rings. The second kappa shape index (κ2) is 9.77. The molecule has 0 radical (unpaired) electrons. The van der Waals surface area contributed by atoms with Crippen LogP contribution in [0.1, 0.15) is 43.7 Å². The summed E-state index contributed by atoms with van der Waals surface area (Å²) in [6, 6.07) is 16.5. The van der Waals surface area contributed by atoms with Gasteiger partial charge in [0.05, 0.1) is 0 Å². The highest BCUT2D eigenvalue weighted by Gasteiger charge is 2.29. The summed E-state index contributed by atoms with van der Waals surface area (Å²) in [5.41, 5.74) is 4.84. The summed E-state index contributed by atoms with van der Waals surface area (Å²) in [7, 11) is 0. The maximum atomic E-state index is 12.3. The number of fused-ring (bicyclic) bond motifs is 3. The van der Waals surface area contributed by atoms with Gasteiger partial charge in [0.2, 0.25) is 0 Å². The van der Waals surface area contributed by atoms with Crippen molar-refractivity contribution in [1.82, 2.24) is 5.32 Å². The Kier molecular flexibility index (Phi) is 7.69. The molecule has 0 unspecified atom stereocenters. The molecule has 146 valence electrons. The minimum atomic E-state index is -0.411. The Morgan fingerprint density at radius 2 is 1.63 bits per heavy atom. The van der Waals surface area contributed by atoms with Gasteiger partial charge in [0.15, 0.2) is 0 Å². The smallest absolute Gasteiger partial charge is 0.407 e. The van der Waals surface area contributed by atoms with Crippen LogP contribution in [0, 0.1) is 5.92 Å². The van der Waals surface area contributed by atoms with Gasteiger partial charge in [0.1, 0.15) is 6.61 Å². The Balaban J connectivity index is 0.00000261. The lowest BCUT2D eigenvalue weighted by Crippen LogP contribution is -2.37. The van der Waals surface area contributed by atoms with E-state index in [1.807, 2.05) is 24.3 Å². The van der Waals surface area contributed by atoms with Gasteiger partial charge in [-0.1, -0.05) is 62.4 Å². The normalized spacial score (nSPS) is 13.5. The first-order chi connectivity index (χ1) is 12.6. The number of benzene rings is 2. The fourth-order valence-corrected chi connectivity index (χ4v) is 3.78. The summed E-state index contributed by atoms with van der Waals surface area (Å²) in [6.07, 6.45) is 0.957. The molecule has 5 heteroatoms. The molecule has 1 aliphatic carbocycles. The average molecular weight is 390 g/mol. The van der Waals surface area contributed by atoms with Crippen LogP contribution in [0.25, 0.3) is 11.1 Å². The van der Waals surface area contributed by atoms with Crippen LogP contribution in [0.5, 0.6) is 0 Å². The zero-order valence-electron chi connectivity index (χ0n) is 15.9. The number of ether oxygens (including phenoxy) is 1. The fraction of sp³-hybridized carbons (Fsp3) is 0.409. The quantitative estimate of drug-likeness (QED) is 0.718. The van der Waals surface area contributed by atoms with E-state index in [2.05, 4.69) is 43.4 Å². The highest BCUT2D eigenvalue weighted by molar-refractivity contribution is 5.85. The molecule has 0 aromatic heterocycles. The monoisotopic (exact) mass is 389 g/mol. The number of rotatable bonds is 7. The van der Waals surface area contributed by atoms with Crippen molar-refractivity contribution in [3.05, 3.63) is 59.7 Å². The lowest BCUT2D eigenvalue weighted by molar-refractivity contribution is 0.135. The van der Waals surface area contributed by atoms with Gasteiger partial charge in [0, 0.05) is 18.6 Å². The van der Waals surface area contributed by atoms with Crippen molar-refractivity contribution < 1.29 is 14.6 Å². The number of amides is 1. The highest BCUT2D eigenvalue weighted by Crippen LogP contribution is 2.44. The second-order valence-electron chi connectivity index (χ2n) is 7.31. The van der Waals surface area contributed by atoms with Crippen molar-refractivity contribution >= 4 is 18.5 Å². The number of carbonyl (C=O) groups excluding carboxylic acids is 1. The van der Waals surface area contributed by atoms with Crippen molar-refractivity contribution in [3.63, 3.8) is 0 Å². The number of hydrogen-bond acceptors (Lipinski definition) is 3. The first-order valence-electron chi connectivity index (χ1n) is 9.32. The standard InChI is InChI=1S/C22H27NO3.ClH/c1-15(2)13-16(11-12-24)23-22(25)26-14-21-19-9-5-3-7-17(19)18-8-4-6-10-20(18)21;/h3-10,15-16,21,24H,11-14H2,1-2H3,(H,23,25);1H/t16-;/m0./s1. The lowest BCUT2D eigenvalue weighted by atomic mass is 9.98. The summed E-state index contributed by atoms with van der Waals surface area (Å²) in [6.45, 7) is 4.57. The van der Waals surface area contributed by atoms with E-state index in [1.165, 1.54) is 22.3 Å². The molecule has 1 atom stereocenters. The molecule has 0 saturated carbocycles. The minimum absolute atomic E-state index is 0. The third-order valence-corrected chi connectivity index (χ3v) is 4.90. The van der Waals surface area contributed by atoms with Gasteiger partial charge in [-0.15, -0.1) is 12.4 Å². The second-order valence-corrected chi connectivity index (χ2v) is 7.31. The molecule has 0 spiro atoms. The van der Waals surface area contributed by atoms with Gasteiger partial charge >= 0.3 is 6.09 Å². The largest absolute Gasteiger partial charge is 0.449 e. The molecule has 0 bridgehead atoms. The van der Waals surface area contributed by atoms with Gasteiger partial charge in [-0.3, -0.25) is 0 Å². The van der Waals surface area contributed by atoms with Gasteiger partial charge in [-0.05, 0) is 41.0 Å². The van der Waals surface area contributed by atoms with Crippen LogP contribution >= 0.6 is 12.4 Å². The summed E-state index contributed by atoms with van der Waals surface area (Å²) in [4.78, 5) is 12.3. The minimum Gasteiger partial charge on any atom is -0.449 e. The first kappa shape index (κ1) is 21.3. The Hall–Kier alpha value is -2.04. The highest BCUT2D eigenvalue weighted by atomic mass is 35.5. The van der Waals surface area contributed by atoms with E-state index in [4.69, 9.17) is 4.74 Å². The molecule has 0 aliphatic heterocycles. The molecule has 4 nitrogen and oxygen atoms in total. The third-order valence-electron chi connectivity index (χ3n) is 4.90. The molecule has 2 N–H and O–H groups in total. The molecule has 1 amide bonds. The number of aliphatic hydroxyl groups excluding tert-OH is 1. The van der Waals surface area contributed by atoms with Crippen LogP contribution in [0.4, 0.5) is 4.79 Å². The van der Waals surface area contributed by atoms with E-state index in [0.717, 1.165) is 6.42 Å². The number of alkyl carbamates (subject to hydrolysis) is 1. The summed E-state index contributed by atoms with van der Waals surface area (Å²) >= 11 is 0. The Bertz CT molecular complexity index is 717. The van der Waals surface area contributed by atoms with E-state index in [-0.39, 0.29) is 31.0 Å². The van der Waals surface area contributed by atoms with Gasteiger partial charge in [-0.25, -0.2) is 4.79 Å². The lowest BCUT2D eigenvalue weighted by Gasteiger charge is -2.20. The maximum Gasteiger partial charge on any atom is 0.407 e. The van der Waals surface area contributed by atoms with E-state index in [0.29, 0.717) is 18.9 Å². The molecule has 3 rings (SSSR count). The van der Waals surface area contributed by atoms with Crippen LogP contribution in [-0.4, -0.2) is 30.5 Å². The first-order valence-corrected chi connectivity index (χ1v) is 9.32. The number of carbonyl (C=O) groups is 1. The Labute approximate surface area is 167 Å². The molecule has 0 fully saturated rings. The van der Waals surface area contributed by atoms with Crippen molar-refractivity contribution in [3.8, 4) is 11.1 Å². The van der Waals surface area contributed by atoms with E-state index >= 15 is 0 Å². The predicted octanol–water partition coefficient (Wildman–Crippen LogP) is 4.74. The number of hydrogen-bond donors (Lipinski definition) is 2. The van der Waals surface area contributed by atoms with Crippen molar-refractivity contribution in [2.75, 3.05) is 13.2 Å². The summed E-state index contributed by atoms with van der Waals surface area (Å²) in [5.74, 6) is 0.509. The topological polar surface area (TPSA) is 58.6 Å². The maximum absolute atomic E-state index is 12.3. The van der Waals surface area contributed by atoms with E-state index in [9.17, 15) is 9.90 Å². The van der Waals surface area contributed by atoms with Gasteiger partial charge < -0.3 is 15.2 Å². The molecule has 0 heterocycles. The summed E-state index contributed by atoms with van der Waals surface area (Å²) < 4.78 is 5.57. The molecule has 0 saturated heterocycles. The van der Waals surface area contributed by atoms with Crippen LogP contribution in [0.15, 0.2) is 48.5 Å². The summed E-state index contributed by atoms with van der Waals surface area (Å²) in [5, 5.41) is 12.1. The number of halogens is 1. The zero-order valence-corrected chi connectivity index (χ0v) is 16.7. The van der Waals surface area contributed by atoms with Crippen molar-refractivity contribution in [1.29, 1.82) is 0 Å². The van der Waals surface area contributed by atoms with Crippen LogP contribution in [0.3, 0.4) is 0 Å². The molecular formula is C22H28ClNO3. The Morgan fingerprint density at radius 3 is 2.15 bits per heavy atom. The van der Waals surface area contributed by atoms with Gasteiger partial charge in [-0.2, -0.15) is 0 Å². The molecule has 2 aromatic carbocycles. The number of aliphatic hydroxyl groups is 1. The van der Waals surface area contributed by atoms with Crippen LogP contribution < -0.4 is 5.32 Å². The predicted molar refractivity (Wildman–Crippen MR) is 110 cm³/mol.